The fourth-order valence-electron chi connectivity index (χ4n) is 2.55. The molecule has 1 aromatic rings. The summed E-state index contributed by atoms with van der Waals surface area (Å²) in [5.74, 6) is 0.605. The van der Waals surface area contributed by atoms with E-state index in [0.29, 0.717) is 26.1 Å². The summed E-state index contributed by atoms with van der Waals surface area (Å²) in [6, 6.07) is 3.80. The summed E-state index contributed by atoms with van der Waals surface area (Å²) < 4.78 is 0. The SMILES string of the molecule is CCN1C[C@@H](C(=O)NCc2cccnc2N(C)C)CC1=O. The Morgan fingerprint density at radius 1 is 1.52 bits per heavy atom. The Balaban J connectivity index is 1.95. The van der Waals surface area contributed by atoms with Crippen LogP contribution in [0.5, 0.6) is 0 Å². The van der Waals surface area contributed by atoms with E-state index in [-0.39, 0.29) is 17.7 Å². The molecule has 0 spiro atoms. The van der Waals surface area contributed by atoms with Crippen LogP contribution in [0, 0.1) is 5.92 Å². The van der Waals surface area contributed by atoms with E-state index in [9.17, 15) is 9.59 Å². The molecule has 2 heterocycles. The van der Waals surface area contributed by atoms with Gasteiger partial charge >= 0.3 is 0 Å². The molecule has 1 aromatic heterocycles. The Morgan fingerprint density at radius 3 is 2.90 bits per heavy atom. The van der Waals surface area contributed by atoms with E-state index < -0.39 is 0 Å². The number of nitrogens with zero attached hydrogens (tertiary/aromatic N) is 3. The van der Waals surface area contributed by atoms with Gasteiger partial charge in [-0.05, 0) is 13.0 Å². The fourth-order valence-corrected chi connectivity index (χ4v) is 2.55. The molecule has 1 N–H and O–H groups in total. The normalized spacial score (nSPS) is 18.0. The largest absolute Gasteiger partial charge is 0.362 e. The molecule has 0 aliphatic carbocycles. The zero-order chi connectivity index (χ0) is 15.4. The van der Waals surface area contributed by atoms with Crippen LogP contribution in [0.15, 0.2) is 18.3 Å². The highest BCUT2D eigenvalue weighted by Gasteiger charge is 2.33. The van der Waals surface area contributed by atoms with Crippen molar-refractivity contribution in [2.24, 2.45) is 5.92 Å². The quantitative estimate of drug-likeness (QED) is 0.864. The summed E-state index contributed by atoms with van der Waals surface area (Å²) in [6.07, 6.45) is 2.04. The van der Waals surface area contributed by atoms with Gasteiger partial charge in [0.05, 0.1) is 5.92 Å². The van der Waals surface area contributed by atoms with Crippen LogP contribution in [0.25, 0.3) is 0 Å². The average molecular weight is 290 g/mol. The zero-order valence-corrected chi connectivity index (χ0v) is 12.8. The lowest BCUT2D eigenvalue weighted by atomic mass is 10.1. The Hall–Kier alpha value is -2.11. The standard InChI is InChI=1S/C15H22N4O2/c1-4-19-10-12(8-13(19)20)15(21)17-9-11-6-5-7-16-14(11)18(2)3/h5-7,12H,4,8-10H2,1-3H3,(H,17,21)/t12-/m0/s1. The molecule has 0 unspecified atom stereocenters. The maximum absolute atomic E-state index is 12.2. The average Bonchev–Trinajstić information content (AvgIpc) is 2.86. The van der Waals surface area contributed by atoms with E-state index in [4.69, 9.17) is 0 Å². The highest BCUT2D eigenvalue weighted by molar-refractivity contribution is 5.89. The van der Waals surface area contributed by atoms with E-state index in [0.717, 1.165) is 11.4 Å². The molecule has 6 heteroatoms. The van der Waals surface area contributed by atoms with Crippen molar-refractivity contribution in [3.63, 3.8) is 0 Å². The van der Waals surface area contributed by atoms with E-state index >= 15 is 0 Å². The molecule has 1 fully saturated rings. The second-order valence-electron chi connectivity index (χ2n) is 5.43. The number of pyridine rings is 1. The highest BCUT2D eigenvalue weighted by Crippen LogP contribution is 2.18. The minimum Gasteiger partial charge on any atom is -0.362 e. The molecule has 0 saturated carbocycles. The third-order valence-corrected chi connectivity index (χ3v) is 3.71. The number of aromatic nitrogens is 1. The first-order chi connectivity index (χ1) is 10.0. The van der Waals surface area contributed by atoms with Crippen molar-refractivity contribution in [3.8, 4) is 0 Å². The van der Waals surface area contributed by atoms with Gasteiger partial charge in [-0.3, -0.25) is 9.59 Å². The maximum atomic E-state index is 12.2. The Morgan fingerprint density at radius 2 is 2.29 bits per heavy atom. The molecule has 0 aromatic carbocycles. The molecular formula is C15H22N4O2. The third-order valence-electron chi connectivity index (χ3n) is 3.71. The fraction of sp³-hybridized carbons (Fsp3) is 0.533. The summed E-state index contributed by atoms with van der Waals surface area (Å²) in [4.78, 5) is 31.8. The van der Waals surface area contributed by atoms with Gasteiger partial charge in [0.2, 0.25) is 11.8 Å². The highest BCUT2D eigenvalue weighted by atomic mass is 16.2. The first-order valence-corrected chi connectivity index (χ1v) is 7.19. The van der Waals surface area contributed by atoms with Gasteiger partial charge in [0, 0.05) is 51.9 Å². The molecule has 1 saturated heterocycles. The topological polar surface area (TPSA) is 65.5 Å². The van der Waals surface area contributed by atoms with Crippen LogP contribution in [0.4, 0.5) is 5.82 Å². The van der Waals surface area contributed by atoms with Crippen molar-refractivity contribution in [1.29, 1.82) is 0 Å². The van der Waals surface area contributed by atoms with Crippen LogP contribution >= 0.6 is 0 Å². The summed E-state index contributed by atoms with van der Waals surface area (Å²) in [5.41, 5.74) is 0.965. The van der Waals surface area contributed by atoms with Crippen LogP contribution in [-0.4, -0.2) is 48.9 Å². The van der Waals surface area contributed by atoms with Gasteiger partial charge in [0.1, 0.15) is 5.82 Å². The van der Waals surface area contributed by atoms with E-state index in [2.05, 4.69) is 10.3 Å². The summed E-state index contributed by atoms with van der Waals surface area (Å²) in [5, 5.41) is 2.92. The Bertz CT molecular complexity index is 530. The van der Waals surface area contributed by atoms with Crippen molar-refractivity contribution in [2.75, 3.05) is 32.1 Å². The number of rotatable bonds is 5. The zero-order valence-electron chi connectivity index (χ0n) is 12.8. The molecule has 1 atom stereocenters. The van der Waals surface area contributed by atoms with Crippen LogP contribution < -0.4 is 10.2 Å². The maximum Gasteiger partial charge on any atom is 0.225 e. The molecular weight excluding hydrogens is 268 g/mol. The molecule has 6 nitrogen and oxygen atoms in total. The van der Waals surface area contributed by atoms with Crippen molar-refractivity contribution in [2.45, 2.75) is 19.9 Å². The van der Waals surface area contributed by atoms with Crippen LogP contribution in [-0.2, 0) is 16.1 Å². The number of carbonyl (C=O) groups is 2. The van der Waals surface area contributed by atoms with E-state index in [1.54, 1.807) is 11.1 Å². The predicted molar refractivity (Wildman–Crippen MR) is 80.8 cm³/mol. The van der Waals surface area contributed by atoms with Gasteiger partial charge in [0.25, 0.3) is 0 Å². The molecule has 1 aliphatic rings. The lowest BCUT2D eigenvalue weighted by Crippen LogP contribution is -2.33. The van der Waals surface area contributed by atoms with Gasteiger partial charge in [0.15, 0.2) is 0 Å². The molecule has 21 heavy (non-hydrogen) atoms. The van der Waals surface area contributed by atoms with Crippen molar-refractivity contribution in [3.05, 3.63) is 23.9 Å². The van der Waals surface area contributed by atoms with Gasteiger partial charge in [-0.1, -0.05) is 6.07 Å². The number of likely N-dealkylation sites (tertiary alicyclic amines) is 1. The summed E-state index contributed by atoms with van der Waals surface area (Å²) in [7, 11) is 3.84. The minimum absolute atomic E-state index is 0.0622. The van der Waals surface area contributed by atoms with E-state index in [1.165, 1.54) is 0 Å². The van der Waals surface area contributed by atoms with Crippen molar-refractivity contribution in [1.82, 2.24) is 15.2 Å². The number of carbonyl (C=O) groups excluding carboxylic acids is 2. The van der Waals surface area contributed by atoms with Gasteiger partial charge < -0.3 is 15.1 Å². The summed E-state index contributed by atoms with van der Waals surface area (Å²) >= 11 is 0. The number of hydrogen-bond donors (Lipinski definition) is 1. The number of nitrogens with one attached hydrogen (secondary N) is 1. The number of amides is 2. The first kappa shape index (κ1) is 15.3. The Labute approximate surface area is 125 Å². The molecule has 0 bridgehead atoms. The Kier molecular flexibility index (Phi) is 4.77. The molecule has 114 valence electrons. The third kappa shape index (κ3) is 3.51. The van der Waals surface area contributed by atoms with Crippen LogP contribution in [0.1, 0.15) is 18.9 Å². The van der Waals surface area contributed by atoms with Crippen LogP contribution in [0.2, 0.25) is 0 Å². The van der Waals surface area contributed by atoms with Crippen LogP contribution in [0.3, 0.4) is 0 Å². The smallest absolute Gasteiger partial charge is 0.225 e. The van der Waals surface area contributed by atoms with Gasteiger partial charge in [-0.25, -0.2) is 4.98 Å². The minimum atomic E-state index is -0.239. The number of hydrogen-bond acceptors (Lipinski definition) is 4. The summed E-state index contributed by atoms with van der Waals surface area (Å²) in [6.45, 7) is 3.54. The van der Waals surface area contributed by atoms with Gasteiger partial charge in [-0.2, -0.15) is 0 Å². The lowest BCUT2D eigenvalue weighted by molar-refractivity contribution is -0.128. The second kappa shape index (κ2) is 6.56. The van der Waals surface area contributed by atoms with Crippen molar-refractivity contribution < 1.29 is 9.59 Å². The first-order valence-electron chi connectivity index (χ1n) is 7.19. The van der Waals surface area contributed by atoms with E-state index in [1.807, 2.05) is 38.1 Å². The molecule has 2 rings (SSSR count). The molecule has 1 aliphatic heterocycles. The predicted octanol–water partition coefficient (Wildman–Crippen LogP) is 0.632. The number of anilines is 1. The lowest BCUT2D eigenvalue weighted by Gasteiger charge is -2.17. The second-order valence-corrected chi connectivity index (χ2v) is 5.43. The van der Waals surface area contributed by atoms with Gasteiger partial charge in [-0.15, -0.1) is 0 Å². The molecule has 2 amide bonds. The van der Waals surface area contributed by atoms with Crippen molar-refractivity contribution >= 4 is 17.6 Å². The monoisotopic (exact) mass is 290 g/mol. The molecule has 0 radical (unpaired) electrons.